The highest BCUT2D eigenvalue weighted by Crippen LogP contribution is 2.35. The van der Waals surface area contributed by atoms with E-state index in [4.69, 9.17) is 0 Å². The van der Waals surface area contributed by atoms with Crippen molar-refractivity contribution in [1.29, 1.82) is 0 Å². The first-order valence-corrected chi connectivity index (χ1v) is 9.48. The standard InChI is InChI=1S/C22H20F4N2O/c1-13-3-2-4-16-17(12-27-20(13)16)14-7-9-28(10-8-14)21(29)15-5-6-19(23)18(11-15)22(24,25)26/h2-6,11-12,14,27H,7-10H2,1H3. The van der Waals surface area contributed by atoms with Crippen LogP contribution in [0.4, 0.5) is 17.6 Å². The topological polar surface area (TPSA) is 36.1 Å². The maximum absolute atomic E-state index is 13.5. The maximum atomic E-state index is 13.5. The molecule has 0 unspecified atom stereocenters. The summed E-state index contributed by atoms with van der Waals surface area (Å²) in [5.41, 5.74) is 1.93. The minimum absolute atomic E-state index is 0.139. The number of likely N-dealkylation sites (tertiary alicyclic amines) is 1. The molecule has 1 saturated heterocycles. The number of halogens is 4. The number of aryl methyl sites for hydroxylation is 1. The lowest BCUT2D eigenvalue weighted by molar-refractivity contribution is -0.140. The third-order valence-electron chi connectivity index (χ3n) is 5.70. The Labute approximate surface area is 165 Å². The molecule has 1 N–H and O–H groups in total. The van der Waals surface area contributed by atoms with Crippen LogP contribution in [0.1, 0.15) is 45.8 Å². The van der Waals surface area contributed by atoms with E-state index in [1.807, 2.05) is 25.3 Å². The first-order valence-electron chi connectivity index (χ1n) is 9.48. The van der Waals surface area contributed by atoms with Crippen LogP contribution in [0, 0.1) is 12.7 Å². The summed E-state index contributed by atoms with van der Waals surface area (Å²) in [5.74, 6) is -1.60. The third kappa shape index (κ3) is 3.61. The predicted molar refractivity (Wildman–Crippen MR) is 102 cm³/mol. The van der Waals surface area contributed by atoms with E-state index in [1.165, 1.54) is 10.9 Å². The van der Waals surface area contributed by atoms with E-state index in [9.17, 15) is 22.4 Å². The normalized spacial score (nSPS) is 15.8. The fraction of sp³-hybridized carbons (Fsp3) is 0.318. The number of rotatable bonds is 2. The van der Waals surface area contributed by atoms with Crippen LogP contribution in [0.2, 0.25) is 0 Å². The van der Waals surface area contributed by atoms with Crippen LogP contribution in [0.3, 0.4) is 0 Å². The zero-order chi connectivity index (χ0) is 20.8. The van der Waals surface area contributed by atoms with Gasteiger partial charge in [-0.25, -0.2) is 4.39 Å². The Morgan fingerprint density at radius 1 is 1.14 bits per heavy atom. The Hall–Kier alpha value is -2.83. The number of amides is 1. The van der Waals surface area contributed by atoms with E-state index < -0.39 is 23.5 Å². The summed E-state index contributed by atoms with van der Waals surface area (Å²) in [4.78, 5) is 17.5. The fourth-order valence-electron chi connectivity index (χ4n) is 4.12. The van der Waals surface area contributed by atoms with Crippen molar-refractivity contribution >= 4 is 16.8 Å². The van der Waals surface area contributed by atoms with Crippen LogP contribution in [-0.4, -0.2) is 28.9 Å². The molecule has 2 heterocycles. The number of alkyl halides is 3. The highest BCUT2D eigenvalue weighted by Gasteiger charge is 2.35. The van der Waals surface area contributed by atoms with Gasteiger partial charge in [0.2, 0.25) is 0 Å². The van der Waals surface area contributed by atoms with Gasteiger partial charge >= 0.3 is 6.18 Å². The molecule has 0 spiro atoms. The maximum Gasteiger partial charge on any atom is 0.419 e. The van der Waals surface area contributed by atoms with E-state index >= 15 is 0 Å². The molecule has 2 aromatic carbocycles. The van der Waals surface area contributed by atoms with Crippen molar-refractivity contribution in [2.75, 3.05) is 13.1 Å². The lowest BCUT2D eigenvalue weighted by Crippen LogP contribution is -2.38. The monoisotopic (exact) mass is 404 g/mol. The number of hydrogen-bond acceptors (Lipinski definition) is 1. The molecule has 3 aromatic rings. The van der Waals surface area contributed by atoms with Gasteiger partial charge in [0, 0.05) is 35.8 Å². The van der Waals surface area contributed by atoms with Crippen molar-refractivity contribution in [1.82, 2.24) is 9.88 Å². The number of para-hydroxylation sites is 1. The van der Waals surface area contributed by atoms with E-state index in [2.05, 4.69) is 11.1 Å². The molecule has 0 saturated carbocycles. The molecule has 4 rings (SSSR count). The summed E-state index contributed by atoms with van der Waals surface area (Å²) in [6, 6.07) is 8.55. The Morgan fingerprint density at radius 3 is 2.55 bits per heavy atom. The number of nitrogens with zero attached hydrogens (tertiary/aromatic N) is 1. The van der Waals surface area contributed by atoms with Gasteiger partial charge in [0.25, 0.3) is 5.91 Å². The zero-order valence-corrected chi connectivity index (χ0v) is 15.8. The van der Waals surface area contributed by atoms with E-state index in [1.54, 1.807) is 4.90 Å². The molecule has 0 radical (unpaired) electrons. The Kier molecular flexibility index (Phi) is 4.84. The minimum atomic E-state index is -4.83. The summed E-state index contributed by atoms with van der Waals surface area (Å²) < 4.78 is 52.3. The highest BCUT2D eigenvalue weighted by molar-refractivity contribution is 5.94. The summed E-state index contributed by atoms with van der Waals surface area (Å²) in [6.45, 7) is 2.93. The Bertz CT molecular complexity index is 1060. The molecule has 1 amide bonds. The van der Waals surface area contributed by atoms with E-state index in [-0.39, 0.29) is 11.5 Å². The fourth-order valence-corrected chi connectivity index (χ4v) is 4.12. The number of hydrogen-bond donors (Lipinski definition) is 1. The molecular formula is C22H20F4N2O. The molecule has 1 aliphatic heterocycles. The van der Waals surface area contributed by atoms with Gasteiger partial charge in [-0.3, -0.25) is 4.79 Å². The lowest BCUT2D eigenvalue weighted by atomic mass is 9.88. The first kappa shape index (κ1) is 19.5. The van der Waals surface area contributed by atoms with Gasteiger partial charge < -0.3 is 9.88 Å². The largest absolute Gasteiger partial charge is 0.419 e. The van der Waals surface area contributed by atoms with E-state index in [0.717, 1.165) is 30.0 Å². The molecule has 1 fully saturated rings. The molecular weight excluding hydrogens is 384 g/mol. The molecule has 29 heavy (non-hydrogen) atoms. The number of H-pyrrole nitrogens is 1. The smallest absolute Gasteiger partial charge is 0.361 e. The molecule has 0 aliphatic carbocycles. The SMILES string of the molecule is Cc1cccc2c(C3CCN(C(=O)c4ccc(F)c(C(F)(F)F)c4)CC3)c[nH]c12. The number of carbonyl (C=O) groups excluding carboxylic acids is 1. The third-order valence-corrected chi connectivity index (χ3v) is 5.70. The van der Waals surface area contributed by atoms with Crippen LogP contribution < -0.4 is 0 Å². The Balaban J connectivity index is 1.50. The van der Waals surface area contributed by atoms with Crippen molar-refractivity contribution in [3.05, 3.63) is 70.7 Å². The summed E-state index contributed by atoms with van der Waals surface area (Å²) in [6.07, 6.45) is -1.38. The second-order valence-electron chi connectivity index (χ2n) is 7.50. The van der Waals surface area contributed by atoms with Crippen molar-refractivity contribution in [3.8, 4) is 0 Å². The van der Waals surface area contributed by atoms with Crippen LogP contribution >= 0.6 is 0 Å². The number of aromatic amines is 1. The molecule has 7 heteroatoms. The number of carbonyl (C=O) groups is 1. The van der Waals surface area contributed by atoms with Crippen LogP contribution in [-0.2, 0) is 6.18 Å². The molecule has 1 aliphatic rings. The summed E-state index contributed by atoms with van der Waals surface area (Å²) in [7, 11) is 0. The van der Waals surface area contributed by atoms with Crippen molar-refractivity contribution in [3.63, 3.8) is 0 Å². The lowest BCUT2D eigenvalue weighted by Gasteiger charge is -2.32. The van der Waals surface area contributed by atoms with Crippen molar-refractivity contribution in [2.24, 2.45) is 0 Å². The molecule has 1 aromatic heterocycles. The second-order valence-corrected chi connectivity index (χ2v) is 7.50. The van der Waals surface area contributed by atoms with Gasteiger partial charge in [-0.15, -0.1) is 0 Å². The van der Waals surface area contributed by atoms with Crippen LogP contribution in [0.25, 0.3) is 10.9 Å². The highest BCUT2D eigenvalue weighted by atomic mass is 19.4. The summed E-state index contributed by atoms with van der Waals surface area (Å²) >= 11 is 0. The average molecular weight is 404 g/mol. The van der Waals surface area contributed by atoms with Gasteiger partial charge in [0.15, 0.2) is 0 Å². The quantitative estimate of drug-likeness (QED) is 0.550. The van der Waals surface area contributed by atoms with Crippen molar-refractivity contribution in [2.45, 2.75) is 31.9 Å². The number of piperidine rings is 1. The number of aromatic nitrogens is 1. The molecule has 0 atom stereocenters. The van der Waals surface area contributed by atoms with Gasteiger partial charge in [-0.1, -0.05) is 18.2 Å². The molecule has 3 nitrogen and oxygen atoms in total. The molecule has 152 valence electrons. The predicted octanol–water partition coefficient (Wildman–Crippen LogP) is 5.65. The summed E-state index contributed by atoms with van der Waals surface area (Å²) in [5, 5.41) is 1.17. The zero-order valence-electron chi connectivity index (χ0n) is 15.8. The van der Waals surface area contributed by atoms with E-state index in [0.29, 0.717) is 25.2 Å². The van der Waals surface area contributed by atoms with Gasteiger partial charge in [0.1, 0.15) is 5.82 Å². The molecule has 0 bridgehead atoms. The van der Waals surface area contributed by atoms with Gasteiger partial charge in [-0.05, 0) is 55.0 Å². The van der Waals surface area contributed by atoms with Crippen LogP contribution in [0.5, 0.6) is 0 Å². The number of nitrogens with one attached hydrogen (secondary N) is 1. The van der Waals surface area contributed by atoms with Gasteiger partial charge in [0.05, 0.1) is 5.56 Å². The number of fused-ring (bicyclic) bond motifs is 1. The van der Waals surface area contributed by atoms with Crippen LogP contribution in [0.15, 0.2) is 42.6 Å². The van der Waals surface area contributed by atoms with Crippen molar-refractivity contribution < 1.29 is 22.4 Å². The average Bonchev–Trinajstić information content (AvgIpc) is 3.12. The first-order chi connectivity index (χ1) is 13.8. The van der Waals surface area contributed by atoms with Gasteiger partial charge in [-0.2, -0.15) is 13.2 Å². The second kappa shape index (κ2) is 7.21. The Morgan fingerprint density at radius 2 is 1.86 bits per heavy atom. The number of benzene rings is 2. The minimum Gasteiger partial charge on any atom is -0.361 e.